The van der Waals surface area contributed by atoms with Gasteiger partial charge in [0.1, 0.15) is 5.75 Å². The van der Waals surface area contributed by atoms with Crippen LogP contribution >= 0.6 is 0 Å². The molecule has 0 atom stereocenters. The van der Waals surface area contributed by atoms with Gasteiger partial charge in [-0.3, -0.25) is 0 Å². The third kappa shape index (κ3) is 2.78. The van der Waals surface area contributed by atoms with Gasteiger partial charge in [0.25, 0.3) is 0 Å². The van der Waals surface area contributed by atoms with E-state index in [2.05, 4.69) is 52.8 Å². The van der Waals surface area contributed by atoms with Crippen LogP contribution in [-0.4, -0.2) is 6.61 Å². The van der Waals surface area contributed by atoms with Crippen molar-refractivity contribution in [1.29, 1.82) is 0 Å². The standard InChI is InChI=1S/C12H16O.C3H8/c1-4-9-5-6-11-10(7-9)12(2,3)8-13-11;1-3-2/h5-7H,4,8H2,1-3H3;3H2,1-2H3. The first kappa shape index (κ1) is 13.1. The van der Waals surface area contributed by atoms with E-state index in [0.29, 0.717) is 0 Å². The lowest BCUT2D eigenvalue weighted by Crippen LogP contribution is -2.18. The molecule has 0 amide bonds. The van der Waals surface area contributed by atoms with Crippen molar-refractivity contribution in [2.45, 2.75) is 52.9 Å². The lowest BCUT2D eigenvalue weighted by Gasteiger charge is -2.15. The molecular weight excluding hydrogens is 196 g/mol. The normalized spacial score (nSPS) is 15.8. The van der Waals surface area contributed by atoms with Crippen molar-refractivity contribution >= 4 is 0 Å². The molecule has 0 fully saturated rings. The van der Waals surface area contributed by atoms with E-state index in [0.717, 1.165) is 18.8 Å². The molecule has 1 aromatic rings. The van der Waals surface area contributed by atoms with Gasteiger partial charge in [0.05, 0.1) is 6.61 Å². The third-order valence-electron chi connectivity index (χ3n) is 2.77. The number of aryl methyl sites for hydroxylation is 1. The maximum atomic E-state index is 5.61. The van der Waals surface area contributed by atoms with E-state index in [1.807, 2.05) is 0 Å². The Labute approximate surface area is 99.8 Å². The molecule has 0 radical (unpaired) electrons. The Kier molecular flexibility index (Phi) is 4.40. The fraction of sp³-hybridized carbons (Fsp3) is 0.600. The summed E-state index contributed by atoms with van der Waals surface area (Å²) in [6, 6.07) is 6.53. The van der Waals surface area contributed by atoms with Gasteiger partial charge in [-0.05, 0) is 18.1 Å². The second kappa shape index (κ2) is 5.38. The molecule has 0 N–H and O–H groups in total. The van der Waals surface area contributed by atoms with Crippen molar-refractivity contribution in [2.75, 3.05) is 6.61 Å². The molecule has 0 saturated carbocycles. The van der Waals surface area contributed by atoms with E-state index >= 15 is 0 Å². The fourth-order valence-electron chi connectivity index (χ4n) is 1.79. The first-order valence-electron chi connectivity index (χ1n) is 6.31. The highest BCUT2D eigenvalue weighted by Crippen LogP contribution is 2.38. The molecule has 1 aromatic carbocycles. The molecule has 2 rings (SSSR count). The zero-order valence-electron chi connectivity index (χ0n) is 11.3. The zero-order valence-corrected chi connectivity index (χ0v) is 11.3. The van der Waals surface area contributed by atoms with Gasteiger partial charge in [-0.25, -0.2) is 0 Å². The molecule has 0 unspecified atom stereocenters. The van der Waals surface area contributed by atoms with Gasteiger partial charge in [0.15, 0.2) is 0 Å². The van der Waals surface area contributed by atoms with Crippen LogP contribution < -0.4 is 4.74 Å². The van der Waals surface area contributed by atoms with E-state index in [1.165, 1.54) is 17.5 Å². The van der Waals surface area contributed by atoms with Crippen LogP contribution in [-0.2, 0) is 11.8 Å². The zero-order chi connectivity index (χ0) is 12.2. The molecule has 1 heterocycles. The van der Waals surface area contributed by atoms with Crippen molar-refractivity contribution in [2.24, 2.45) is 0 Å². The molecule has 0 aromatic heterocycles. The SMILES string of the molecule is CCC.CCc1ccc2c(c1)C(C)(C)CO2. The van der Waals surface area contributed by atoms with Crippen molar-refractivity contribution in [3.8, 4) is 5.75 Å². The Bertz CT molecular complexity index is 339. The predicted molar refractivity (Wildman–Crippen MR) is 70.3 cm³/mol. The highest BCUT2D eigenvalue weighted by molar-refractivity contribution is 5.45. The van der Waals surface area contributed by atoms with Crippen LogP contribution in [0.5, 0.6) is 5.75 Å². The highest BCUT2D eigenvalue weighted by Gasteiger charge is 2.31. The third-order valence-corrected chi connectivity index (χ3v) is 2.77. The summed E-state index contributed by atoms with van der Waals surface area (Å²) in [5.74, 6) is 1.07. The summed E-state index contributed by atoms with van der Waals surface area (Å²) < 4.78 is 5.61. The van der Waals surface area contributed by atoms with Crippen LogP contribution in [0.15, 0.2) is 18.2 Å². The maximum absolute atomic E-state index is 5.61. The number of rotatable bonds is 1. The Balaban J connectivity index is 0.000000386. The van der Waals surface area contributed by atoms with Gasteiger partial charge >= 0.3 is 0 Å². The molecular formula is C15H24O. The number of ether oxygens (including phenoxy) is 1. The minimum atomic E-state index is 0.195. The lowest BCUT2D eigenvalue weighted by atomic mass is 9.86. The van der Waals surface area contributed by atoms with Gasteiger partial charge in [-0.2, -0.15) is 0 Å². The lowest BCUT2D eigenvalue weighted by molar-refractivity contribution is 0.291. The molecule has 16 heavy (non-hydrogen) atoms. The molecule has 0 spiro atoms. The van der Waals surface area contributed by atoms with Crippen LogP contribution in [0.2, 0.25) is 0 Å². The molecule has 1 aliphatic heterocycles. The van der Waals surface area contributed by atoms with Gasteiger partial charge in [0.2, 0.25) is 0 Å². The number of benzene rings is 1. The van der Waals surface area contributed by atoms with Gasteiger partial charge in [-0.1, -0.05) is 53.2 Å². The van der Waals surface area contributed by atoms with Gasteiger partial charge in [-0.15, -0.1) is 0 Å². The quantitative estimate of drug-likeness (QED) is 0.684. The van der Waals surface area contributed by atoms with Crippen molar-refractivity contribution in [1.82, 2.24) is 0 Å². The van der Waals surface area contributed by atoms with Crippen molar-refractivity contribution < 1.29 is 4.74 Å². The molecule has 0 aliphatic carbocycles. The molecule has 90 valence electrons. The predicted octanol–water partition coefficient (Wildman–Crippen LogP) is 4.34. The van der Waals surface area contributed by atoms with E-state index in [9.17, 15) is 0 Å². The second-order valence-corrected chi connectivity index (χ2v) is 5.06. The summed E-state index contributed by atoms with van der Waals surface area (Å²) in [4.78, 5) is 0. The number of hydrogen-bond acceptors (Lipinski definition) is 1. The van der Waals surface area contributed by atoms with Crippen LogP contribution in [0.4, 0.5) is 0 Å². The number of hydrogen-bond donors (Lipinski definition) is 0. The van der Waals surface area contributed by atoms with E-state index in [1.54, 1.807) is 0 Å². The first-order chi connectivity index (χ1) is 7.55. The molecule has 1 heteroatoms. The Morgan fingerprint density at radius 3 is 2.38 bits per heavy atom. The molecule has 0 saturated heterocycles. The summed E-state index contributed by atoms with van der Waals surface area (Å²) >= 11 is 0. The van der Waals surface area contributed by atoms with Crippen molar-refractivity contribution in [3.63, 3.8) is 0 Å². The summed E-state index contributed by atoms with van der Waals surface area (Å²) in [7, 11) is 0. The minimum Gasteiger partial charge on any atom is -0.492 e. The Morgan fingerprint density at radius 1 is 1.19 bits per heavy atom. The molecule has 1 nitrogen and oxygen atoms in total. The monoisotopic (exact) mass is 220 g/mol. The maximum Gasteiger partial charge on any atom is 0.123 e. The van der Waals surface area contributed by atoms with E-state index < -0.39 is 0 Å². The van der Waals surface area contributed by atoms with Gasteiger partial charge < -0.3 is 4.74 Å². The number of fused-ring (bicyclic) bond motifs is 1. The summed E-state index contributed by atoms with van der Waals surface area (Å²) in [5.41, 5.74) is 2.96. The average molecular weight is 220 g/mol. The molecule has 1 aliphatic rings. The Morgan fingerprint density at radius 2 is 1.81 bits per heavy atom. The topological polar surface area (TPSA) is 9.23 Å². The van der Waals surface area contributed by atoms with Crippen molar-refractivity contribution in [3.05, 3.63) is 29.3 Å². The molecule has 0 bridgehead atoms. The summed E-state index contributed by atoms with van der Waals surface area (Å²) in [6.45, 7) is 11.7. The van der Waals surface area contributed by atoms with Gasteiger partial charge in [0, 0.05) is 11.0 Å². The minimum absolute atomic E-state index is 0.195. The second-order valence-electron chi connectivity index (χ2n) is 5.06. The van der Waals surface area contributed by atoms with Crippen LogP contribution in [0, 0.1) is 0 Å². The summed E-state index contributed by atoms with van der Waals surface area (Å²) in [5, 5.41) is 0. The fourth-order valence-corrected chi connectivity index (χ4v) is 1.79. The first-order valence-corrected chi connectivity index (χ1v) is 6.31. The largest absolute Gasteiger partial charge is 0.492 e. The summed E-state index contributed by atoms with van der Waals surface area (Å²) in [6.07, 6.45) is 2.35. The van der Waals surface area contributed by atoms with Crippen LogP contribution in [0.25, 0.3) is 0 Å². The smallest absolute Gasteiger partial charge is 0.123 e. The average Bonchev–Trinajstić information content (AvgIpc) is 2.56. The highest BCUT2D eigenvalue weighted by atomic mass is 16.5. The van der Waals surface area contributed by atoms with E-state index in [-0.39, 0.29) is 5.41 Å². The Hall–Kier alpha value is -0.980. The van der Waals surface area contributed by atoms with Crippen LogP contribution in [0.3, 0.4) is 0 Å². The van der Waals surface area contributed by atoms with E-state index in [4.69, 9.17) is 4.74 Å². The van der Waals surface area contributed by atoms with Crippen LogP contribution in [0.1, 0.15) is 52.2 Å².